The molecule has 1 N–H and O–H groups in total. The molecule has 0 aliphatic rings. The van der Waals surface area contributed by atoms with Gasteiger partial charge in [-0.15, -0.1) is 0 Å². The van der Waals surface area contributed by atoms with Gasteiger partial charge in [0, 0.05) is 30.7 Å². The lowest BCUT2D eigenvalue weighted by Crippen LogP contribution is -2.23. The Balaban J connectivity index is 1.71. The van der Waals surface area contributed by atoms with Gasteiger partial charge in [0.1, 0.15) is 11.5 Å². The molecule has 0 spiro atoms. The van der Waals surface area contributed by atoms with Crippen LogP contribution in [0.3, 0.4) is 0 Å². The highest BCUT2D eigenvalue weighted by Gasteiger charge is 2.13. The van der Waals surface area contributed by atoms with Gasteiger partial charge in [-0.2, -0.15) is 0 Å². The molecule has 3 aromatic heterocycles. The van der Waals surface area contributed by atoms with Gasteiger partial charge in [-0.25, -0.2) is 0 Å². The molecule has 3 rings (SSSR count). The number of hydrogen-bond donors (Lipinski definition) is 1. The predicted molar refractivity (Wildman–Crippen MR) is 86.8 cm³/mol. The minimum absolute atomic E-state index is 0.140. The van der Waals surface area contributed by atoms with Crippen molar-refractivity contribution in [2.75, 3.05) is 0 Å². The lowest BCUT2D eigenvalue weighted by atomic mass is 10.1. The lowest BCUT2D eigenvalue weighted by Gasteiger charge is -2.06. The molecule has 0 unspecified atom stereocenters. The van der Waals surface area contributed by atoms with E-state index < -0.39 is 0 Å². The predicted octanol–water partition coefficient (Wildman–Crippen LogP) is 3.28. The maximum Gasteiger partial charge on any atom is 0.255 e. The van der Waals surface area contributed by atoms with E-state index in [1.807, 2.05) is 31.2 Å². The number of furan rings is 1. The summed E-state index contributed by atoms with van der Waals surface area (Å²) in [6.07, 6.45) is 5.22. The second-order valence-corrected chi connectivity index (χ2v) is 5.30. The van der Waals surface area contributed by atoms with Crippen LogP contribution in [0.5, 0.6) is 0 Å². The fourth-order valence-electron chi connectivity index (χ4n) is 2.39. The SMILES string of the molecule is Cc1cc(C(=O)NCc2ccnc(-c3cccnc3)c2)c(C)o1. The first kappa shape index (κ1) is 15.0. The number of aromatic nitrogens is 2. The number of pyridine rings is 2. The average molecular weight is 307 g/mol. The van der Waals surface area contributed by atoms with E-state index >= 15 is 0 Å². The standard InChI is InChI=1S/C18H17N3O2/c1-12-8-16(13(2)23-12)18(22)21-10-14-5-7-20-17(9-14)15-4-3-6-19-11-15/h3-9,11H,10H2,1-2H3,(H,21,22). The highest BCUT2D eigenvalue weighted by Crippen LogP contribution is 2.17. The van der Waals surface area contributed by atoms with Crippen molar-refractivity contribution in [2.45, 2.75) is 20.4 Å². The Kier molecular flexibility index (Phi) is 4.19. The average Bonchev–Trinajstić information content (AvgIpc) is 2.92. The number of nitrogens with zero attached hydrogens (tertiary/aromatic N) is 2. The monoisotopic (exact) mass is 307 g/mol. The third-order valence-corrected chi connectivity index (χ3v) is 3.52. The minimum atomic E-state index is -0.140. The summed E-state index contributed by atoms with van der Waals surface area (Å²) in [6.45, 7) is 4.04. The summed E-state index contributed by atoms with van der Waals surface area (Å²) >= 11 is 0. The molecule has 0 fully saturated rings. The van der Waals surface area contributed by atoms with Gasteiger partial charge in [0.25, 0.3) is 5.91 Å². The Morgan fingerprint density at radius 1 is 1.22 bits per heavy atom. The molecule has 23 heavy (non-hydrogen) atoms. The Hall–Kier alpha value is -2.95. The van der Waals surface area contributed by atoms with Crippen LogP contribution >= 0.6 is 0 Å². The van der Waals surface area contributed by atoms with E-state index in [0.29, 0.717) is 17.9 Å². The number of amides is 1. The van der Waals surface area contributed by atoms with Gasteiger partial charge >= 0.3 is 0 Å². The Labute approximate surface area is 134 Å². The van der Waals surface area contributed by atoms with Gasteiger partial charge in [-0.3, -0.25) is 14.8 Å². The van der Waals surface area contributed by atoms with Crippen LogP contribution in [0.15, 0.2) is 53.3 Å². The van der Waals surface area contributed by atoms with Gasteiger partial charge in [0.05, 0.1) is 11.3 Å². The summed E-state index contributed by atoms with van der Waals surface area (Å²) in [6, 6.07) is 9.40. The van der Waals surface area contributed by atoms with Crippen LogP contribution in [-0.4, -0.2) is 15.9 Å². The zero-order valence-electron chi connectivity index (χ0n) is 13.0. The van der Waals surface area contributed by atoms with Crippen LogP contribution in [0.25, 0.3) is 11.3 Å². The molecule has 0 aliphatic heterocycles. The van der Waals surface area contributed by atoms with Crippen molar-refractivity contribution in [3.05, 3.63) is 71.6 Å². The zero-order chi connectivity index (χ0) is 16.2. The molecule has 5 nitrogen and oxygen atoms in total. The molecule has 0 aromatic carbocycles. The van der Waals surface area contributed by atoms with Crippen LogP contribution < -0.4 is 5.32 Å². The largest absolute Gasteiger partial charge is 0.466 e. The summed E-state index contributed by atoms with van der Waals surface area (Å²) in [5.74, 6) is 1.22. The summed E-state index contributed by atoms with van der Waals surface area (Å²) in [7, 11) is 0. The smallest absolute Gasteiger partial charge is 0.255 e. The fraction of sp³-hybridized carbons (Fsp3) is 0.167. The van der Waals surface area contributed by atoms with E-state index in [4.69, 9.17) is 4.42 Å². The maximum atomic E-state index is 12.2. The molecule has 0 aliphatic carbocycles. The summed E-state index contributed by atoms with van der Waals surface area (Å²) in [5.41, 5.74) is 3.33. The van der Waals surface area contributed by atoms with Crippen molar-refractivity contribution < 1.29 is 9.21 Å². The molecule has 0 atom stereocenters. The van der Waals surface area contributed by atoms with Crippen LogP contribution in [-0.2, 0) is 6.54 Å². The van der Waals surface area contributed by atoms with Crippen molar-refractivity contribution >= 4 is 5.91 Å². The van der Waals surface area contributed by atoms with E-state index in [-0.39, 0.29) is 5.91 Å². The number of carbonyl (C=O) groups excluding carboxylic acids is 1. The van der Waals surface area contributed by atoms with Gasteiger partial charge < -0.3 is 9.73 Å². The first-order chi connectivity index (χ1) is 11.1. The highest BCUT2D eigenvalue weighted by atomic mass is 16.3. The first-order valence-electron chi connectivity index (χ1n) is 7.34. The van der Waals surface area contributed by atoms with E-state index in [1.54, 1.807) is 31.6 Å². The zero-order valence-corrected chi connectivity index (χ0v) is 13.0. The fourth-order valence-corrected chi connectivity index (χ4v) is 2.39. The quantitative estimate of drug-likeness (QED) is 0.803. The number of aryl methyl sites for hydroxylation is 2. The number of nitrogens with one attached hydrogen (secondary N) is 1. The van der Waals surface area contributed by atoms with Crippen LogP contribution in [0.4, 0.5) is 0 Å². The molecular formula is C18H17N3O2. The topological polar surface area (TPSA) is 68.0 Å². The Bertz CT molecular complexity index is 825. The van der Waals surface area contributed by atoms with Crippen molar-refractivity contribution in [1.29, 1.82) is 0 Å². The molecule has 0 bridgehead atoms. The van der Waals surface area contributed by atoms with E-state index in [9.17, 15) is 4.79 Å². The van der Waals surface area contributed by atoms with Gasteiger partial charge in [0.2, 0.25) is 0 Å². The maximum absolute atomic E-state index is 12.2. The molecule has 0 saturated carbocycles. The summed E-state index contributed by atoms with van der Waals surface area (Å²) in [4.78, 5) is 20.7. The lowest BCUT2D eigenvalue weighted by molar-refractivity contribution is 0.0949. The molecule has 5 heteroatoms. The Morgan fingerprint density at radius 2 is 2.09 bits per heavy atom. The van der Waals surface area contributed by atoms with Gasteiger partial charge in [-0.1, -0.05) is 0 Å². The van der Waals surface area contributed by atoms with Crippen molar-refractivity contribution in [2.24, 2.45) is 0 Å². The molecule has 0 radical (unpaired) electrons. The molecule has 1 amide bonds. The molecular weight excluding hydrogens is 290 g/mol. The normalized spacial score (nSPS) is 10.5. The third-order valence-electron chi connectivity index (χ3n) is 3.52. The molecule has 0 saturated heterocycles. The van der Waals surface area contributed by atoms with E-state index in [1.165, 1.54) is 0 Å². The highest BCUT2D eigenvalue weighted by molar-refractivity contribution is 5.95. The molecule has 3 aromatic rings. The minimum Gasteiger partial charge on any atom is -0.466 e. The van der Waals surface area contributed by atoms with Crippen LogP contribution in [0.1, 0.15) is 27.4 Å². The molecule has 116 valence electrons. The third kappa shape index (κ3) is 3.45. The number of rotatable bonds is 4. The van der Waals surface area contributed by atoms with Crippen molar-refractivity contribution in [3.8, 4) is 11.3 Å². The summed E-state index contributed by atoms with van der Waals surface area (Å²) < 4.78 is 5.39. The number of hydrogen-bond acceptors (Lipinski definition) is 4. The van der Waals surface area contributed by atoms with E-state index in [0.717, 1.165) is 22.6 Å². The van der Waals surface area contributed by atoms with E-state index in [2.05, 4.69) is 15.3 Å². The van der Waals surface area contributed by atoms with Gasteiger partial charge in [-0.05, 0) is 49.7 Å². The first-order valence-corrected chi connectivity index (χ1v) is 7.34. The second-order valence-electron chi connectivity index (χ2n) is 5.30. The van der Waals surface area contributed by atoms with Crippen molar-refractivity contribution in [1.82, 2.24) is 15.3 Å². The number of carbonyl (C=O) groups is 1. The Morgan fingerprint density at radius 3 is 2.78 bits per heavy atom. The summed E-state index contributed by atoms with van der Waals surface area (Å²) in [5, 5.41) is 2.91. The molecule has 3 heterocycles. The van der Waals surface area contributed by atoms with Crippen LogP contribution in [0.2, 0.25) is 0 Å². The second kappa shape index (κ2) is 6.44. The van der Waals surface area contributed by atoms with Crippen molar-refractivity contribution in [3.63, 3.8) is 0 Å². The van der Waals surface area contributed by atoms with Gasteiger partial charge in [0.15, 0.2) is 0 Å². The van der Waals surface area contributed by atoms with Crippen LogP contribution in [0, 0.1) is 13.8 Å².